The Morgan fingerprint density at radius 1 is 0.375 bits per heavy atom. The van der Waals surface area contributed by atoms with E-state index in [-0.39, 0.29) is 0 Å². The molecule has 2 heterocycles. The minimum Gasteiger partial charge on any atom is -0.309 e. The lowest BCUT2D eigenvalue weighted by Gasteiger charge is -2.18. The monoisotopic (exact) mass is 613 g/mol. The summed E-state index contributed by atoms with van der Waals surface area (Å²) in [6, 6.07) is 61.9. The highest BCUT2D eigenvalue weighted by molar-refractivity contribution is 6.13. The van der Waals surface area contributed by atoms with Crippen molar-refractivity contribution < 1.29 is 0 Å². The molecule has 0 saturated carbocycles. The standard InChI is InChI=1S/C45H31N3/c46-41(32-17-5-2-6-18-32)30-40(31-15-3-1-4-16-31)33-27-34(47-42-23-11-7-19-36(42)37-20-8-12-24-43(37)47)29-35(28-33)48-44-25-13-9-21-38(44)39-22-10-14-26-45(39)48/h1-30,46H/b40-30-,46-41?. The average molecular weight is 614 g/mol. The number of fused-ring (bicyclic) bond motifs is 6. The summed E-state index contributed by atoms with van der Waals surface area (Å²) in [5.74, 6) is 0. The van der Waals surface area contributed by atoms with Gasteiger partial charge in [-0.05, 0) is 70.8 Å². The number of nitrogens with zero attached hydrogens (tertiary/aromatic N) is 2. The summed E-state index contributed by atoms with van der Waals surface area (Å²) in [6.45, 7) is 0. The molecule has 7 aromatic carbocycles. The first-order chi connectivity index (χ1) is 23.7. The molecule has 0 saturated heterocycles. The third-order valence-electron chi connectivity index (χ3n) is 9.35. The molecule has 226 valence electrons. The molecular formula is C45H31N3. The Bertz CT molecular complexity index is 2430. The van der Waals surface area contributed by atoms with Crippen LogP contribution in [-0.2, 0) is 0 Å². The van der Waals surface area contributed by atoms with Gasteiger partial charge in [-0.15, -0.1) is 0 Å². The Hall–Kier alpha value is -6.45. The number of hydrogen-bond acceptors (Lipinski definition) is 1. The molecule has 2 aromatic heterocycles. The highest BCUT2D eigenvalue weighted by atomic mass is 15.0. The van der Waals surface area contributed by atoms with Crippen molar-refractivity contribution in [1.82, 2.24) is 9.13 Å². The largest absolute Gasteiger partial charge is 0.309 e. The number of aromatic nitrogens is 2. The summed E-state index contributed by atoms with van der Waals surface area (Å²) >= 11 is 0. The Labute approximate surface area is 278 Å². The predicted octanol–water partition coefficient (Wildman–Crippen LogP) is 11.4. The van der Waals surface area contributed by atoms with Crippen molar-refractivity contribution in [2.45, 2.75) is 0 Å². The van der Waals surface area contributed by atoms with Crippen LogP contribution in [0.15, 0.2) is 182 Å². The van der Waals surface area contributed by atoms with Gasteiger partial charge in [-0.25, -0.2) is 0 Å². The van der Waals surface area contributed by atoms with E-state index >= 15 is 0 Å². The maximum absolute atomic E-state index is 9.19. The number of rotatable bonds is 6. The van der Waals surface area contributed by atoms with Gasteiger partial charge in [0, 0.05) is 32.9 Å². The second-order valence-electron chi connectivity index (χ2n) is 12.2. The number of para-hydroxylation sites is 4. The molecule has 0 aliphatic carbocycles. The van der Waals surface area contributed by atoms with E-state index in [1.165, 1.54) is 21.5 Å². The fraction of sp³-hybridized carbons (Fsp3) is 0. The zero-order valence-electron chi connectivity index (χ0n) is 26.2. The average Bonchev–Trinajstić information content (AvgIpc) is 3.67. The molecule has 0 spiro atoms. The Morgan fingerprint density at radius 2 is 0.729 bits per heavy atom. The van der Waals surface area contributed by atoms with E-state index in [9.17, 15) is 5.41 Å². The smallest absolute Gasteiger partial charge is 0.0618 e. The van der Waals surface area contributed by atoms with Crippen LogP contribution in [0.25, 0.3) is 60.6 Å². The first-order valence-electron chi connectivity index (χ1n) is 16.3. The Morgan fingerprint density at radius 3 is 1.15 bits per heavy atom. The number of hydrogen-bond donors (Lipinski definition) is 1. The van der Waals surface area contributed by atoms with Crippen molar-refractivity contribution in [3.8, 4) is 11.4 Å². The minimum atomic E-state index is 0.468. The summed E-state index contributed by atoms with van der Waals surface area (Å²) in [5.41, 5.74) is 11.2. The highest BCUT2D eigenvalue weighted by Gasteiger charge is 2.18. The molecule has 0 aliphatic heterocycles. The number of nitrogens with one attached hydrogen (secondary N) is 1. The van der Waals surface area contributed by atoms with Gasteiger partial charge in [-0.2, -0.15) is 0 Å². The summed E-state index contributed by atoms with van der Waals surface area (Å²) in [4.78, 5) is 0. The number of allylic oxidation sites excluding steroid dienone is 1. The normalized spacial score (nSPS) is 12.0. The fourth-order valence-electron chi connectivity index (χ4n) is 7.21. The maximum Gasteiger partial charge on any atom is 0.0618 e. The second-order valence-corrected chi connectivity index (χ2v) is 12.2. The second kappa shape index (κ2) is 11.4. The van der Waals surface area contributed by atoms with Gasteiger partial charge >= 0.3 is 0 Å². The van der Waals surface area contributed by atoms with E-state index in [1.807, 2.05) is 42.5 Å². The van der Waals surface area contributed by atoms with E-state index in [4.69, 9.17) is 0 Å². The van der Waals surface area contributed by atoms with Crippen LogP contribution in [-0.4, -0.2) is 14.8 Å². The van der Waals surface area contributed by atoms with Crippen LogP contribution >= 0.6 is 0 Å². The van der Waals surface area contributed by atoms with E-state index in [0.717, 1.165) is 55.7 Å². The molecule has 0 bridgehead atoms. The maximum atomic E-state index is 9.19. The molecular weight excluding hydrogens is 583 g/mol. The van der Waals surface area contributed by atoms with Gasteiger partial charge in [0.25, 0.3) is 0 Å². The van der Waals surface area contributed by atoms with Crippen molar-refractivity contribution in [2.24, 2.45) is 0 Å². The van der Waals surface area contributed by atoms with Crippen LogP contribution in [0.5, 0.6) is 0 Å². The lowest BCUT2D eigenvalue weighted by atomic mass is 9.94. The van der Waals surface area contributed by atoms with Gasteiger partial charge in [-0.3, -0.25) is 0 Å². The number of benzene rings is 7. The quantitative estimate of drug-likeness (QED) is 0.181. The molecule has 9 aromatic rings. The lowest BCUT2D eigenvalue weighted by Crippen LogP contribution is -2.03. The summed E-state index contributed by atoms with van der Waals surface area (Å²) in [5, 5.41) is 14.1. The van der Waals surface area contributed by atoms with Crippen molar-refractivity contribution in [1.29, 1.82) is 5.41 Å². The minimum absolute atomic E-state index is 0.468. The molecule has 0 atom stereocenters. The highest BCUT2D eigenvalue weighted by Crippen LogP contribution is 2.38. The Kier molecular flexibility index (Phi) is 6.62. The van der Waals surface area contributed by atoms with Crippen molar-refractivity contribution in [2.75, 3.05) is 0 Å². The van der Waals surface area contributed by atoms with Crippen molar-refractivity contribution >= 4 is 54.9 Å². The third kappa shape index (κ3) is 4.56. The zero-order valence-corrected chi connectivity index (χ0v) is 26.2. The molecule has 0 aliphatic rings. The molecule has 0 unspecified atom stereocenters. The molecule has 0 amide bonds. The van der Waals surface area contributed by atoms with Crippen LogP contribution in [0.4, 0.5) is 0 Å². The van der Waals surface area contributed by atoms with Crippen LogP contribution in [0.1, 0.15) is 16.7 Å². The van der Waals surface area contributed by atoms with Crippen molar-refractivity contribution in [3.63, 3.8) is 0 Å². The van der Waals surface area contributed by atoms with Crippen LogP contribution in [0.2, 0.25) is 0 Å². The van der Waals surface area contributed by atoms with E-state index < -0.39 is 0 Å². The van der Waals surface area contributed by atoms with E-state index in [0.29, 0.717) is 5.71 Å². The summed E-state index contributed by atoms with van der Waals surface area (Å²) < 4.78 is 4.77. The summed E-state index contributed by atoms with van der Waals surface area (Å²) in [6.07, 6.45) is 2.02. The fourth-order valence-corrected chi connectivity index (χ4v) is 7.21. The molecule has 1 N–H and O–H groups in total. The van der Waals surface area contributed by atoms with Crippen molar-refractivity contribution in [3.05, 3.63) is 199 Å². The van der Waals surface area contributed by atoms with Gasteiger partial charge in [0.2, 0.25) is 0 Å². The molecule has 9 rings (SSSR count). The van der Waals surface area contributed by atoms with Gasteiger partial charge in [0.05, 0.1) is 27.8 Å². The van der Waals surface area contributed by atoms with Gasteiger partial charge in [-0.1, -0.05) is 133 Å². The molecule has 3 nitrogen and oxygen atoms in total. The van der Waals surface area contributed by atoms with Crippen LogP contribution in [0.3, 0.4) is 0 Å². The third-order valence-corrected chi connectivity index (χ3v) is 9.35. The van der Waals surface area contributed by atoms with Gasteiger partial charge < -0.3 is 14.5 Å². The first-order valence-corrected chi connectivity index (χ1v) is 16.3. The van der Waals surface area contributed by atoms with E-state index in [1.54, 1.807) is 0 Å². The van der Waals surface area contributed by atoms with Gasteiger partial charge in [0.15, 0.2) is 0 Å². The lowest BCUT2D eigenvalue weighted by molar-refractivity contribution is 1.13. The SMILES string of the molecule is N=C(/C=C(/c1ccccc1)c1cc(-n2c3ccccc3c3ccccc32)cc(-n2c3ccccc3c3ccccc32)c1)c1ccccc1. The van der Waals surface area contributed by atoms with Crippen LogP contribution < -0.4 is 0 Å². The van der Waals surface area contributed by atoms with E-state index in [2.05, 4.69) is 149 Å². The molecule has 0 radical (unpaired) electrons. The summed E-state index contributed by atoms with van der Waals surface area (Å²) in [7, 11) is 0. The molecule has 3 heteroatoms. The Balaban J connectivity index is 1.39. The van der Waals surface area contributed by atoms with Gasteiger partial charge in [0.1, 0.15) is 0 Å². The topological polar surface area (TPSA) is 33.7 Å². The first kappa shape index (κ1) is 27.8. The van der Waals surface area contributed by atoms with Crippen LogP contribution in [0, 0.1) is 5.41 Å². The molecule has 48 heavy (non-hydrogen) atoms. The predicted molar refractivity (Wildman–Crippen MR) is 202 cm³/mol. The zero-order chi connectivity index (χ0) is 32.0. The molecule has 0 fully saturated rings.